The Hall–Kier alpha value is -2.48. The number of rotatable bonds is 2. The lowest BCUT2D eigenvalue weighted by atomic mass is 10.1. The van der Waals surface area contributed by atoms with Gasteiger partial charge in [0.15, 0.2) is 5.82 Å². The molecule has 0 spiro atoms. The highest BCUT2D eigenvalue weighted by molar-refractivity contribution is 7.12. The third kappa shape index (κ3) is 1.99. The van der Waals surface area contributed by atoms with Gasteiger partial charge in [-0.15, -0.1) is 11.3 Å². The lowest BCUT2D eigenvalue weighted by Crippen LogP contribution is -2.36. The number of aromatic nitrogens is 2. The van der Waals surface area contributed by atoms with Crippen molar-refractivity contribution in [1.29, 1.82) is 0 Å². The summed E-state index contributed by atoms with van der Waals surface area (Å²) >= 11 is 1.14. The summed E-state index contributed by atoms with van der Waals surface area (Å²) in [7, 11) is 1.77. The van der Waals surface area contributed by atoms with Crippen molar-refractivity contribution in [1.82, 2.24) is 9.97 Å². The summed E-state index contributed by atoms with van der Waals surface area (Å²) in [5.41, 5.74) is 2.01. The second-order valence-electron chi connectivity index (χ2n) is 4.33. The van der Waals surface area contributed by atoms with Gasteiger partial charge in [-0.3, -0.25) is 4.79 Å². The van der Waals surface area contributed by atoms with E-state index in [0.717, 1.165) is 11.3 Å². The minimum Gasteiger partial charge on any atom is -0.477 e. The fraction of sp³-hybridized carbons (Fsp3) is 0.167. The van der Waals surface area contributed by atoms with Crippen LogP contribution in [-0.2, 0) is 4.79 Å². The first kappa shape index (κ1) is 12.5. The average Bonchev–Trinajstić information content (AvgIpc) is 2.87. The van der Waals surface area contributed by atoms with Gasteiger partial charge in [0, 0.05) is 18.0 Å². The zero-order valence-electron chi connectivity index (χ0n) is 10.5. The van der Waals surface area contributed by atoms with Crippen molar-refractivity contribution in [2.24, 2.45) is 0 Å². The summed E-state index contributed by atoms with van der Waals surface area (Å²) in [5.74, 6) is -0.663. The van der Waals surface area contributed by atoms with E-state index in [-0.39, 0.29) is 17.3 Å². The number of thiophene rings is 1. The molecule has 1 amide bonds. The first-order valence-corrected chi connectivity index (χ1v) is 6.62. The Labute approximate surface area is 117 Å². The number of amides is 1. The van der Waals surface area contributed by atoms with Gasteiger partial charge >= 0.3 is 5.97 Å². The number of fused-ring (bicyclic) bond motifs is 1. The van der Waals surface area contributed by atoms with E-state index in [1.165, 1.54) is 6.33 Å². The third-order valence-corrected chi connectivity index (χ3v) is 3.84. The van der Waals surface area contributed by atoms with E-state index < -0.39 is 5.97 Å². The van der Waals surface area contributed by atoms with Crippen molar-refractivity contribution in [3.63, 3.8) is 0 Å². The lowest BCUT2D eigenvalue weighted by Gasteiger charge is -2.27. The quantitative estimate of drug-likeness (QED) is 0.865. The van der Waals surface area contributed by atoms with Gasteiger partial charge in [0.1, 0.15) is 22.6 Å². The van der Waals surface area contributed by atoms with Crippen molar-refractivity contribution in [3.05, 3.63) is 22.7 Å². The Morgan fingerprint density at radius 3 is 3.00 bits per heavy atom. The summed E-state index contributed by atoms with van der Waals surface area (Å²) in [6.45, 7) is 0.212. The van der Waals surface area contributed by atoms with Crippen LogP contribution in [0.3, 0.4) is 0 Å². The van der Waals surface area contributed by atoms with Crippen LogP contribution in [0.4, 0.5) is 11.5 Å². The zero-order chi connectivity index (χ0) is 14.3. The lowest BCUT2D eigenvalue weighted by molar-refractivity contribution is -0.115. The van der Waals surface area contributed by atoms with E-state index in [1.807, 2.05) is 0 Å². The van der Waals surface area contributed by atoms with E-state index in [4.69, 9.17) is 5.11 Å². The Bertz CT molecular complexity index is 712. The highest BCUT2D eigenvalue weighted by Crippen LogP contribution is 2.37. The van der Waals surface area contributed by atoms with Crippen LogP contribution in [0.5, 0.6) is 0 Å². The largest absolute Gasteiger partial charge is 0.477 e. The van der Waals surface area contributed by atoms with Gasteiger partial charge in [-0.2, -0.15) is 0 Å². The number of carbonyl (C=O) groups excluding carboxylic acids is 1. The molecule has 0 unspecified atom stereocenters. The Kier molecular flexibility index (Phi) is 2.87. The molecule has 7 nitrogen and oxygen atoms in total. The van der Waals surface area contributed by atoms with Crippen molar-refractivity contribution >= 4 is 34.7 Å². The van der Waals surface area contributed by atoms with Gasteiger partial charge in [-0.1, -0.05) is 0 Å². The highest BCUT2D eigenvalue weighted by Gasteiger charge is 2.25. The molecule has 1 aliphatic heterocycles. The maximum Gasteiger partial charge on any atom is 0.345 e. The number of carboxylic acid groups (broad SMARTS) is 1. The van der Waals surface area contributed by atoms with Gasteiger partial charge in [0.2, 0.25) is 5.91 Å². The van der Waals surface area contributed by atoms with Crippen molar-refractivity contribution < 1.29 is 14.7 Å². The van der Waals surface area contributed by atoms with Crippen LogP contribution in [0.2, 0.25) is 0 Å². The molecule has 3 rings (SSSR count). The standard InChI is InChI=1S/C12H10N4O3S/c1-16-3-8(17)15-11-10(16)9(13-5-14-11)6-2-7(12(18)19)20-4-6/h2,4-5H,3H2,1H3,(H,18,19)(H,13,14,15,17). The van der Waals surface area contributed by atoms with E-state index in [9.17, 15) is 9.59 Å². The Balaban J connectivity index is 2.12. The number of carbonyl (C=O) groups is 2. The van der Waals surface area contributed by atoms with Crippen molar-refractivity contribution in [2.45, 2.75) is 0 Å². The average molecular weight is 290 g/mol. The van der Waals surface area contributed by atoms with Crippen LogP contribution in [0.25, 0.3) is 11.3 Å². The van der Waals surface area contributed by atoms with Crippen molar-refractivity contribution in [3.8, 4) is 11.3 Å². The number of likely N-dealkylation sites (N-methyl/N-ethyl adjacent to an activating group) is 1. The number of carboxylic acids is 1. The van der Waals surface area contributed by atoms with E-state index in [0.29, 0.717) is 22.8 Å². The maximum absolute atomic E-state index is 11.5. The summed E-state index contributed by atoms with van der Waals surface area (Å²) in [6.07, 6.45) is 1.35. The molecule has 0 radical (unpaired) electrons. The molecule has 0 aromatic carbocycles. The van der Waals surface area contributed by atoms with Gasteiger partial charge in [0.25, 0.3) is 0 Å². The van der Waals surface area contributed by atoms with E-state index in [1.54, 1.807) is 23.4 Å². The molecule has 102 valence electrons. The predicted octanol–water partition coefficient (Wildman–Crippen LogP) is 1.29. The predicted molar refractivity (Wildman–Crippen MR) is 74.2 cm³/mol. The normalized spacial score (nSPS) is 13.8. The van der Waals surface area contributed by atoms with Gasteiger partial charge in [0.05, 0.1) is 6.54 Å². The zero-order valence-corrected chi connectivity index (χ0v) is 11.3. The molecular weight excluding hydrogens is 280 g/mol. The van der Waals surface area contributed by atoms with Crippen LogP contribution in [0.15, 0.2) is 17.8 Å². The first-order chi connectivity index (χ1) is 9.56. The Morgan fingerprint density at radius 2 is 2.30 bits per heavy atom. The summed E-state index contributed by atoms with van der Waals surface area (Å²) < 4.78 is 0. The minimum atomic E-state index is -0.967. The van der Waals surface area contributed by atoms with E-state index in [2.05, 4.69) is 15.3 Å². The topological polar surface area (TPSA) is 95.4 Å². The van der Waals surface area contributed by atoms with Gasteiger partial charge in [-0.05, 0) is 6.07 Å². The monoisotopic (exact) mass is 290 g/mol. The van der Waals surface area contributed by atoms with Crippen LogP contribution >= 0.6 is 11.3 Å². The van der Waals surface area contributed by atoms with Crippen LogP contribution in [-0.4, -0.2) is 40.5 Å². The SMILES string of the molecule is CN1CC(=O)Nc2ncnc(-c3csc(C(=O)O)c3)c21. The molecule has 0 atom stereocenters. The molecule has 0 fully saturated rings. The van der Waals surface area contributed by atoms with Crippen LogP contribution in [0, 0.1) is 0 Å². The number of aromatic carboxylic acids is 1. The smallest absolute Gasteiger partial charge is 0.345 e. The molecule has 3 heterocycles. The number of hydrogen-bond donors (Lipinski definition) is 2. The molecule has 1 aliphatic rings. The minimum absolute atomic E-state index is 0.138. The number of anilines is 2. The second-order valence-corrected chi connectivity index (χ2v) is 5.24. The number of hydrogen-bond acceptors (Lipinski definition) is 6. The molecule has 0 aliphatic carbocycles. The Morgan fingerprint density at radius 1 is 1.50 bits per heavy atom. The van der Waals surface area contributed by atoms with Crippen molar-refractivity contribution in [2.75, 3.05) is 23.8 Å². The third-order valence-electron chi connectivity index (χ3n) is 2.93. The molecule has 0 saturated heterocycles. The van der Waals surface area contributed by atoms with Gasteiger partial charge in [-0.25, -0.2) is 14.8 Å². The molecule has 2 N–H and O–H groups in total. The highest BCUT2D eigenvalue weighted by atomic mass is 32.1. The fourth-order valence-electron chi connectivity index (χ4n) is 2.08. The fourth-order valence-corrected chi connectivity index (χ4v) is 2.81. The number of nitrogens with one attached hydrogen (secondary N) is 1. The second kappa shape index (κ2) is 4.57. The summed E-state index contributed by atoms with van der Waals surface area (Å²) in [5, 5.41) is 13.4. The number of nitrogens with zero attached hydrogens (tertiary/aromatic N) is 3. The van der Waals surface area contributed by atoms with Crippen LogP contribution < -0.4 is 10.2 Å². The van der Waals surface area contributed by atoms with Gasteiger partial charge < -0.3 is 15.3 Å². The maximum atomic E-state index is 11.5. The molecule has 8 heteroatoms. The van der Waals surface area contributed by atoms with Crippen LogP contribution in [0.1, 0.15) is 9.67 Å². The summed E-state index contributed by atoms with van der Waals surface area (Å²) in [4.78, 5) is 32.7. The first-order valence-electron chi connectivity index (χ1n) is 5.74. The molecule has 0 saturated carbocycles. The molecular formula is C12H10N4O3S. The molecule has 2 aromatic rings. The molecule has 0 bridgehead atoms. The van der Waals surface area contributed by atoms with E-state index >= 15 is 0 Å². The summed E-state index contributed by atoms with van der Waals surface area (Å²) in [6, 6.07) is 1.57. The molecule has 20 heavy (non-hydrogen) atoms. The molecule has 2 aromatic heterocycles.